The molecule has 0 spiro atoms. The van der Waals surface area contributed by atoms with E-state index < -0.39 is 7.32 Å². The van der Waals surface area contributed by atoms with Gasteiger partial charge in [0.2, 0.25) is 0 Å². The molecule has 0 bridgehead atoms. The van der Waals surface area contributed by atoms with Gasteiger partial charge in [-0.2, -0.15) is 5.26 Å². The van der Waals surface area contributed by atoms with Crippen LogP contribution in [0.15, 0.2) is 0 Å². The highest BCUT2D eigenvalue weighted by atomic mass is 16.8. The lowest BCUT2D eigenvalue weighted by Crippen LogP contribution is -2.19. The minimum Gasteiger partial charge on any atom is -0.385 e. The van der Waals surface area contributed by atoms with Gasteiger partial charge in [0.15, 0.2) is 0 Å². The quantitative estimate of drug-likeness (QED) is 0.408. The Hall–Kier alpha value is -0.565. The van der Waals surface area contributed by atoms with Crippen LogP contribution in [0.5, 0.6) is 0 Å². The van der Waals surface area contributed by atoms with E-state index in [4.69, 9.17) is 19.2 Å². The molecular formula is C5H8BNO3. The standard InChI is InChI=1S/C5H8BNO3/c7-2-1-3-8-6-9-4-5-10-6/h1,3-5H2. The zero-order valence-electron chi connectivity index (χ0n) is 5.58. The summed E-state index contributed by atoms with van der Waals surface area (Å²) < 4.78 is 14.9. The maximum absolute atomic E-state index is 8.13. The average molecular weight is 141 g/mol. The molecule has 0 unspecified atom stereocenters. The van der Waals surface area contributed by atoms with Crippen molar-refractivity contribution in [3.8, 4) is 6.07 Å². The molecule has 5 heteroatoms. The molecule has 1 aliphatic rings. The number of rotatable bonds is 3. The Morgan fingerprint density at radius 3 is 2.80 bits per heavy atom. The lowest BCUT2D eigenvalue weighted by Gasteiger charge is -2.01. The van der Waals surface area contributed by atoms with Crippen molar-refractivity contribution in [3.63, 3.8) is 0 Å². The van der Waals surface area contributed by atoms with Crippen LogP contribution in [-0.2, 0) is 14.0 Å². The van der Waals surface area contributed by atoms with Crippen molar-refractivity contribution in [2.24, 2.45) is 0 Å². The highest BCUT2D eigenvalue weighted by molar-refractivity contribution is 6.36. The van der Waals surface area contributed by atoms with E-state index in [1.54, 1.807) is 0 Å². The molecular weight excluding hydrogens is 133 g/mol. The number of nitriles is 1. The lowest BCUT2D eigenvalue weighted by atomic mass is 10.2. The fourth-order valence-electron chi connectivity index (χ4n) is 0.634. The largest absolute Gasteiger partial charge is 0.639 e. The van der Waals surface area contributed by atoms with E-state index in [9.17, 15) is 0 Å². The average Bonchev–Trinajstić information content (AvgIpc) is 2.41. The summed E-state index contributed by atoms with van der Waals surface area (Å²) in [6, 6.07) is 1.96. The summed E-state index contributed by atoms with van der Waals surface area (Å²) in [6.45, 7) is 1.54. The van der Waals surface area contributed by atoms with Gasteiger partial charge in [0.05, 0.1) is 25.7 Å². The smallest absolute Gasteiger partial charge is 0.385 e. The fourth-order valence-corrected chi connectivity index (χ4v) is 0.634. The van der Waals surface area contributed by atoms with Crippen molar-refractivity contribution in [3.05, 3.63) is 0 Å². The summed E-state index contributed by atoms with van der Waals surface area (Å²) in [5, 5.41) is 8.13. The number of nitrogens with zero attached hydrogens (tertiary/aromatic N) is 1. The number of hydrogen-bond donors (Lipinski definition) is 0. The normalized spacial score (nSPS) is 17.3. The molecule has 0 aromatic heterocycles. The van der Waals surface area contributed by atoms with Crippen LogP contribution >= 0.6 is 0 Å². The van der Waals surface area contributed by atoms with E-state index in [1.807, 2.05) is 6.07 Å². The first-order valence-corrected chi connectivity index (χ1v) is 3.15. The molecule has 0 aromatic carbocycles. The maximum atomic E-state index is 8.13. The summed E-state index contributed by atoms with van der Waals surface area (Å²) in [5.74, 6) is 0. The predicted molar refractivity (Wildman–Crippen MR) is 33.8 cm³/mol. The Morgan fingerprint density at radius 1 is 1.50 bits per heavy atom. The van der Waals surface area contributed by atoms with Gasteiger partial charge in [0, 0.05) is 6.61 Å². The lowest BCUT2D eigenvalue weighted by molar-refractivity contribution is 0.183. The van der Waals surface area contributed by atoms with Crippen LogP contribution in [-0.4, -0.2) is 27.1 Å². The zero-order chi connectivity index (χ0) is 7.23. The van der Waals surface area contributed by atoms with Gasteiger partial charge in [-0.25, -0.2) is 0 Å². The van der Waals surface area contributed by atoms with Crippen molar-refractivity contribution < 1.29 is 14.0 Å². The summed E-state index contributed by atoms with van der Waals surface area (Å²) in [5.41, 5.74) is 0. The Morgan fingerprint density at radius 2 is 2.20 bits per heavy atom. The molecule has 0 N–H and O–H groups in total. The van der Waals surface area contributed by atoms with E-state index in [1.165, 1.54) is 0 Å². The molecule has 54 valence electrons. The van der Waals surface area contributed by atoms with E-state index in [-0.39, 0.29) is 0 Å². The van der Waals surface area contributed by atoms with Gasteiger partial charge < -0.3 is 14.0 Å². The number of hydrogen-bond acceptors (Lipinski definition) is 4. The molecule has 1 saturated heterocycles. The van der Waals surface area contributed by atoms with E-state index in [2.05, 4.69) is 0 Å². The van der Waals surface area contributed by atoms with Crippen LogP contribution in [0.1, 0.15) is 6.42 Å². The van der Waals surface area contributed by atoms with Gasteiger partial charge in [0.1, 0.15) is 0 Å². The SMILES string of the molecule is N#CCCOB1OCCO1. The van der Waals surface area contributed by atoms with Crippen LogP contribution in [0.3, 0.4) is 0 Å². The van der Waals surface area contributed by atoms with Crippen LogP contribution in [0.2, 0.25) is 0 Å². The van der Waals surface area contributed by atoms with Gasteiger partial charge in [-0.3, -0.25) is 0 Å². The molecule has 0 amide bonds. The molecule has 0 atom stereocenters. The van der Waals surface area contributed by atoms with Crippen molar-refractivity contribution in [1.29, 1.82) is 5.26 Å². The van der Waals surface area contributed by atoms with E-state index in [0.29, 0.717) is 26.2 Å². The van der Waals surface area contributed by atoms with Gasteiger partial charge in [-0.1, -0.05) is 0 Å². The van der Waals surface area contributed by atoms with Crippen LogP contribution in [0, 0.1) is 11.3 Å². The van der Waals surface area contributed by atoms with Gasteiger partial charge in [0.25, 0.3) is 0 Å². The highest BCUT2D eigenvalue weighted by Gasteiger charge is 2.25. The molecule has 0 saturated carbocycles. The van der Waals surface area contributed by atoms with Crippen LogP contribution in [0.4, 0.5) is 0 Å². The first kappa shape index (κ1) is 7.54. The first-order valence-electron chi connectivity index (χ1n) is 3.15. The third-order valence-corrected chi connectivity index (χ3v) is 1.06. The Labute approximate surface area is 59.9 Å². The summed E-state index contributed by atoms with van der Waals surface area (Å²) in [7, 11) is -0.534. The molecule has 4 nitrogen and oxygen atoms in total. The minimum atomic E-state index is -0.534. The topological polar surface area (TPSA) is 51.5 Å². The maximum Gasteiger partial charge on any atom is 0.639 e. The van der Waals surface area contributed by atoms with Gasteiger partial charge >= 0.3 is 7.32 Å². The fraction of sp³-hybridized carbons (Fsp3) is 0.800. The summed E-state index contributed by atoms with van der Waals surface area (Å²) in [4.78, 5) is 0. The third kappa shape index (κ3) is 2.35. The second-order valence-corrected chi connectivity index (χ2v) is 1.81. The molecule has 1 aliphatic heterocycles. The van der Waals surface area contributed by atoms with E-state index in [0.717, 1.165) is 0 Å². The van der Waals surface area contributed by atoms with Crippen LogP contribution in [0.25, 0.3) is 0 Å². The Kier molecular flexibility index (Phi) is 3.23. The summed E-state index contributed by atoms with van der Waals surface area (Å²) in [6.07, 6.45) is 0.378. The molecule has 0 aliphatic carbocycles. The van der Waals surface area contributed by atoms with Crippen molar-refractivity contribution in [2.45, 2.75) is 6.42 Å². The van der Waals surface area contributed by atoms with Crippen molar-refractivity contribution in [2.75, 3.05) is 19.8 Å². The van der Waals surface area contributed by atoms with Gasteiger partial charge in [-0.15, -0.1) is 0 Å². The second-order valence-electron chi connectivity index (χ2n) is 1.81. The Balaban J connectivity index is 1.97. The molecule has 1 heterocycles. The predicted octanol–water partition coefficient (Wildman–Crippen LogP) is -0.0516. The van der Waals surface area contributed by atoms with Crippen molar-refractivity contribution in [1.82, 2.24) is 0 Å². The molecule has 10 heavy (non-hydrogen) atoms. The van der Waals surface area contributed by atoms with Crippen LogP contribution < -0.4 is 0 Å². The van der Waals surface area contributed by atoms with E-state index >= 15 is 0 Å². The van der Waals surface area contributed by atoms with Crippen molar-refractivity contribution >= 4 is 7.32 Å². The first-order chi connectivity index (χ1) is 4.93. The molecule has 0 aromatic rings. The third-order valence-electron chi connectivity index (χ3n) is 1.06. The zero-order valence-corrected chi connectivity index (χ0v) is 5.58. The molecule has 0 radical (unpaired) electrons. The summed E-state index contributed by atoms with van der Waals surface area (Å²) >= 11 is 0. The minimum absolute atomic E-state index is 0.376. The Bertz CT molecular complexity index is 129. The molecule has 1 fully saturated rings. The van der Waals surface area contributed by atoms with Gasteiger partial charge in [-0.05, 0) is 0 Å². The highest BCUT2D eigenvalue weighted by Crippen LogP contribution is 2.00. The second kappa shape index (κ2) is 4.28. The monoisotopic (exact) mass is 141 g/mol. The molecule has 1 rings (SSSR count).